The number of likely N-dealkylation sites (tertiary alicyclic amines) is 1. The van der Waals surface area contributed by atoms with E-state index in [1.165, 1.54) is 4.90 Å². The van der Waals surface area contributed by atoms with Crippen LogP contribution in [0.1, 0.15) is 18.4 Å². The number of aryl methyl sites for hydroxylation is 1. The van der Waals surface area contributed by atoms with Gasteiger partial charge in [-0.15, -0.1) is 0 Å². The molecule has 1 aromatic rings. The summed E-state index contributed by atoms with van der Waals surface area (Å²) in [5.74, 6) is -1.31. The van der Waals surface area contributed by atoms with Crippen molar-refractivity contribution in [1.29, 1.82) is 0 Å². The summed E-state index contributed by atoms with van der Waals surface area (Å²) >= 11 is 0. The van der Waals surface area contributed by atoms with Crippen LogP contribution in [0.25, 0.3) is 0 Å². The number of carboxylic acid groups (broad SMARTS) is 1. The molecule has 1 saturated heterocycles. The van der Waals surface area contributed by atoms with E-state index >= 15 is 0 Å². The molecule has 0 saturated carbocycles. The molecule has 1 heterocycles. The van der Waals surface area contributed by atoms with E-state index in [0.29, 0.717) is 6.54 Å². The van der Waals surface area contributed by atoms with E-state index in [0.717, 1.165) is 11.3 Å². The van der Waals surface area contributed by atoms with Crippen LogP contribution in [0.5, 0.6) is 0 Å². The van der Waals surface area contributed by atoms with Crippen molar-refractivity contribution in [2.75, 3.05) is 24.5 Å². The quantitative estimate of drug-likeness (QED) is 0.792. The highest BCUT2D eigenvalue weighted by atomic mass is 16.4. The number of anilines is 1. The largest absolute Gasteiger partial charge is 0.480 e. The standard InChI is InChI=1S/C15H18N2O4/c1-11-2-4-12(5-3-11)16(10-15(20)21)8-9-17-13(18)6-7-14(17)19/h2-5H,6-10H2,1H3,(H,20,21). The minimum atomic E-state index is -0.949. The lowest BCUT2D eigenvalue weighted by atomic mass is 10.2. The highest BCUT2D eigenvalue weighted by molar-refractivity contribution is 6.01. The Balaban J connectivity index is 2.06. The van der Waals surface area contributed by atoms with Gasteiger partial charge in [-0.2, -0.15) is 0 Å². The maximum absolute atomic E-state index is 11.6. The first-order valence-corrected chi connectivity index (χ1v) is 6.84. The first kappa shape index (κ1) is 15.0. The lowest BCUT2D eigenvalue weighted by molar-refractivity contribution is -0.138. The predicted molar refractivity (Wildman–Crippen MR) is 77.0 cm³/mol. The lowest BCUT2D eigenvalue weighted by Crippen LogP contribution is -2.40. The number of carboxylic acids is 1. The van der Waals surface area contributed by atoms with Gasteiger partial charge >= 0.3 is 5.97 Å². The highest BCUT2D eigenvalue weighted by Crippen LogP contribution is 2.16. The molecule has 0 aromatic heterocycles. The van der Waals surface area contributed by atoms with Crippen LogP contribution in [0, 0.1) is 6.92 Å². The van der Waals surface area contributed by atoms with Gasteiger partial charge in [-0.3, -0.25) is 19.3 Å². The van der Waals surface area contributed by atoms with Gasteiger partial charge in [0.15, 0.2) is 0 Å². The molecule has 0 unspecified atom stereocenters. The number of rotatable bonds is 6. The van der Waals surface area contributed by atoms with Crippen molar-refractivity contribution >= 4 is 23.5 Å². The summed E-state index contributed by atoms with van der Waals surface area (Å²) in [6.45, 7) is 2.32. The molecule has 1 fully saturated rings. The van der Waals surface area contributed by atoms with Gasteiger partial charge in [0.1, 0.15) is 6.54 Å². The zero-order valence-corrected chi connectivity index (χ0v) is 11.9. The zero-order valence-electron chi connectivity index (χ0n) is 11.9. The van der Waals surface area contributed by atoms with Gasteiger partial charge in [0.2, 0.25) is 11.8 Å². The van der Waals surface area contributed by atoms with E-state index in [1.807, 2.05) is 31.2 Å². The average molecular weight is 290 g/mol. The van der Waals surface area contributed by atoms with Crippen molar-refractivity contribution in [3.05, 3.63) is 29.8 Å². The van der Waals surface area contributed by atoms with E-state index in [-0.39, 0.29) is 37.7 Å². The molecule has 2 amide bonds. The maximum Gasteiger partial charge on any atom is 0.323 e. The van der Waals surface area contributed by atoms with Crippen molar-refractivity contribution in [2.45, 2.75) is 19.8 Å². The Labute approximate surface area is 123 Å². The number of hydrogen-bond donors (Lipinski definition) is 1. The number of aliphatic carboxylic acids is 1. The lowest BCUT2D eigenvalue weighted by Gasteiger charge is -2.25. The van der Waals surface area contributed by atoms with Crippen molar-refractivity contribution in [2.24, 2.45) is 0 Å². The van der Waals surface area contributed by atoms with Crippen LogP contribution in [0.2, 0.25) is 0 Å². The van der Waals surface area contributed by atoms with Gasteiger partial charge in [-0.1, -0.05) is 17.7 Å². The second kappa shape index (κ2) is 6.39. The third-order valence-electron chi connectivity index (χ3n) is 3.47. The molecule has 0 atom stereocenters. The van der Waals surface area contributed by atoms with Crippen molar-refractivity contribution < 1.29 is 19.5 Å². The maximum atomic E-state index is 11.6. The Morgan fingerprint density at radius 2 is 1.76 bits per heavy atom. The summed E-state index contributed by atoms with van der Waals surface area (Å²) < 4.78 is 0. The summed E-state index contributed by atoms with van der Waals surface area (Å²) in [7, 11) is 0. The van der Waals surface area contributed by atoms with Crippen LogP contribution in [0.4, 0.5) is 5.69 Å². The molecule has 21 heavy (non-hydrogen) atoms. The molecule has 2 rings (SSSR count). The molecule has 0 bridgehead atoms. The highest BCUT2D eigenvalue weighted by Gasteiger charge is 2.28. The topological polar surface area (TPSA) is 77.9 Å². The number of imide groups is 1. The van der Waals surface area contributed by atoms with Gasteiger partial charge in [0, 0.05) is 31.6 Å². The SMILES string of the molecule is Cc1ccc(N(CCN2C(=O)CCC2=O)CC(=O)O)cc1. The third-order valence-corrected chi connectivity index (χ3v) is 3.47. The molecular weight excluding hydrogens is 272 g/mol. The molecule has 1 aliphatic rings. The fourth-order valence-corrected chi connectivity index (χ4v) is 2.31. The number of benzene rings is 1. The summed E-state index contributed by atoms with van der Waals surface area (Å²) in [6.07, 6.45) is 0.505. The van der Waals surface area contributed by atoms with Crippen molar-refractivity contribution in [1.82, 2.24) is 4.90 Å². The first-order chi connectivity index (χ1) is 9.97. The van der Waals surface area contributed by atoms with E-state index in [2.05, 4.69) is 0 Å². The van der Waals surface area contributed by atoms with Crippen LogP contribution in [0.15, 0.2) is 24.3 Å². The molecule has 0 radical (unpaired) electrons. The molecule has 112 valence electrons. The van der Waals surface area contributed by atoms with Gasteiger partial charge in [-0.05, 0) is 19.1 Å². The molecule has 0 aliphatic carbocycles. The number of carbonyl (C=O) groups excluding carboxylic acids is 2. The molecule has 6 nitrogen and oxygen atoms in total. The first-order valence-electron chi connectivity index (χ1n) is 6.84. The number of nitrogens with zero attached hydrogens (tertiary/aromatic N) is 2. The van der Waals surface area contributed by atoms with Crippen LogP contribution in [0.3, 0.4) is 0 Å². The molecular formula is C15H18N2O4. The van der Waals surface area contributed by atoms with Gasteiger partial charge < -0.3 is 10.0 Å². The van der Waals surface area contributed by atoms with Crippen LogP contribution >= 0.6 is 0 Å². The molecule has 1 aliphatic heterocycles. The van der Waals surface area contributed by atoms with Gasteiger partial charge in [-0.25, -0.2) is 0 Å². The van der Waals surface area contributed by atoms with E-state index in [1.54, 1.807) is 4.90 Å². The van der Waals surface area contributed by atoms with Crippen molar-refractivity contribution in [3.63, 3.8) is 0 Å². The van der Waals surface area contributed by atoms with E-state index in [9.17, 15) is 14.4 Å². The second-order valence-corrected chi connectivity index (χ2v) is 5.09. The van der Waals surface area contributed by atoms with Crippen molar-refractivity contribution in [3.8, 4) is 0 Å². The predicted octanol–water partition coefficient (Wildman–Crippen LogP) is 1.04. The minimum Gasteiger partial charge on any atom is -0.480 e. The number of amides is 2. The minimum absolute atomic E-state index is 0.167. The van der Waals surface area contributed by atoms with Gasteiger partial charge in [0.25, 0.3) is 0 Å². The second-order valence-electron chi connectivity index (χ2n) is 5.09. The van der Waals surface area contributed by atoms with Crippen LogP contribution in [-0.4, -0.2) is 47.4 Å². The Hall–Kier alpha value is -2.37. The fraction of sp³-hybridized carbons (Fsp3) is 0.400. The molecule has 6 heteroatoms. The fourth-order valence-electron chi connectivity index (χ4n) is 2.31. The normalized spacial score (nSPS) is 14.6. The van der Waals surface area contributed by atoms with Gasteiger partial charge in [0.05, 0.1) is 0 Å². The Bertz CT molecular complexity index is 537. The summed E-state index contributed by atoms with van der Waals surface area (Å²) in [5, 5.41) is 9.01. The van der Waals surface area contributed by atoms with Crippen LogP contribution < -0.4 is 4.90 Å². The summed E-state index contributed by atoms with van der Waals surface area (Å²) in [6, 6.07) is 7.48. The Kier molecular flexibility index (Phi) is 4.57. The molecule has 1 N–H and O–H groups in total. The number of hydrogen-bond acceptors (Lipinski definition) is 4. The summed E-state index contributed by atoms with van der Waals surface area (Å²) in [5.41, 5.74) is 1.85. The number of carbonyl (C=O) groups is 3. The van der Waals surface area contributed by atoms with E-state index in [4.69, 9.17) is 5.11 Å². The Morgan fingerprint density at radius 3 is 2.29 bits per heavy atom. The third kappa shape index (κ3) is 3.81. The smallest absolute Gasteiger partial charge is 0.323 e. The monoisotopic (exact) mass is 290 g/mol. The zero-order chi connectivity index (χ0) is 15.4. The summed E-state index contributed by atoms with van der Waals surface area (Å²) in [4.78, 5) is 37.0. The molecule has 1 aromatic carbocycles. The van der Waals surface area contributed by atoms with E-state index < -0.39 is 5.97 Å². The average Bonchev–Trinajstić information content (AvgIpc) is 2.75. The Morgan fingerprint density at radius 1 is 1.19 bits per heavy atom. The molecule has 0 spiro atoms. The van der Waals surface area contributed by atoms with Crippen LogP contribution in [-0.2, 0) is 14.4 Å².